The Bertz CT molecular complexity index is 531. The summed E-state index contributed by atoms with van der Waals surface area (Å²) in [5.41, 5.74) is 2.34. The van der Waals surface area contributed by atoms with E-state index in [2.05, 4.69) is 68.1 Å². The molecule has 2 heteroatoms. The molecule has 0 spiro atoms. The predicted octanol–water partition coefficient (Wildman–Crippen LogP) is 4.35. The molecule has 0 N–H and O–H groups in total. The highest BCUT2D eigenvalue weighted by molar-refractivity contribution is 6.09. The highest BCUT2D eigenvalue weighted by Gasteiger charge is 2.53. The summed E-state index contributed by atoms with van der Waals surface area (Å²) in [7, 11) is 0. The molecule has 0 fully saturated rings. The molecule has 0 aromatic heterocycles. The highest BCUT2D eigenvalue weighted by Crippen LogP contribution is 2.57. The summed E-state index contributed by atoms with van der Waals surface area (Å²) in [6, 6.07) is 0. The van der Waals surface area contributed by atoms with Gasteiger partial charge in [-0.2, -0.15) is 0 Å². The molecule has 0 saturated carbocycles. The lowest BCUT2D eigenvalue weighted by Crippen LogP contribution is -2.36. The molecule has 1 aliphatic heterocycles. The Morgan fingerprint density at radius 2 is 1.58 bits per heavy atom. The van der Waals surface area contributed by atoms with Crippen molar-refractivity contribution in [1.82, 2.24) is 0 Å². The maximum Gasteiger partial charge on any atom is 0.111 e. The van der Waals surface area contributed by atoms with E-state index >= 15 is 0 Å². The lowest BCUT2D eigenvalue weighted by Gasteiger charge is -2.37. The molecule has 0 aromatic rings. The first-order valence-electron chi connectivity index (χ1n) is 7.11. The van der Waals surface area contributed by atoms with E-state index in [1.54, 1.807) is 6.34 Å². The van der Waals surface area contributed by atoms with Gasteiger partial charge in [0, 0.05) is 10.8 Å². The number of allylic oxidation sites excluding steroid dienone is 5. The minimum atomic E-state index is -0.175. The second kappa shape index (κ2) is 4.29. The van der Waals surface area contributed by atoms with Crippen LogP contribution in [-0.4, -0.2) is 17.6 Å². The normalized spacial score (nSPS) is 39.5. The largest absolute Gasteiger partial charge is 0.263 e. The first kappa shape index (κ1) is 14.0. The fourth-order valence-corrected chi connectivity index (χ4v) is 2.99. The molecule has 2 atom stereocenters. The molecule has 0 saturated heterocycles. The average Bonchev–Trinajstić information content (AvgIpc) is 2.73. The molecule has 1 heterocycles. The lowest BCUT2D eigenvalue weighted by molar-refractivity contribution is 0.361. The van der Waals surface area contributed by atoms with Gasteiger partial charge in [-0.05, 0) is 32.4 Å². The third kappa shape index (κ3) is 1.85. The van der Waals surface area contributed by atoms with Gasteiger partial charge in [-0.1, -0.05) is 45.1 Å². The van der Waals surface area contributed by atoms with Crippen molar-refractivity contribution in [2.45, 2.75) is 47.1 Å². The zero-order valence-electron chi connectivity index (χ0n) is 12.9. The van der Waals surface area contributed by atoms with Crippen LogP contribution in [0.15, 0.2) is 45.9 Å². The maximum absolute atomic E-state index is 4.56. The molecule has 0 aromatic carbocycles. The standard InChI is InChI=1S/C15H18N2.C2H6/c1-13(2)9-11-5-7-14(3)8-6-12(15(11,14)4)16-10-17-13;1-2/h5-10H,1-4H3;1-2H3/b11-9-,16-12?,17-10?;. The molecule has 0 radical (unpaired) electrons. The summed E-state index contributed by atoms with van der Waals surface area (Å²) in [4.78, 5) is 9.05. The van der Waals surface area contributed by atoms with Gasteiger partial charge in [0.15, 0.2) is 0 Å². The molecule has 19 heavy (non-hydrogen) atoms. The molecule has 102 valence electrons. The van der Waals surface area contributed by atoms with E-state index in [1.807, 2.05) is 13.8 Å². The predicted molar refractivity (Wildman–Crippen MR) is 83.9 cm³/mol. The van der Waals surface area contributed by atoms with Crippen molar-refractivity contribution < 1.29 is 0 Å². The molecule has 2 aliphatic carbocycles. The van der Waals surface area contributed by atoms with E-state index in [9.17, 15) is 0 Å². The molecular formula is C17H24N2. The molecule has 2 unspecified atom stereocenters. The summed E-state index contributed by atoms with van der Waals surface area (Å²) in [5.74, 6) is 0. The Morgan fingerprint density at radius 3 is 2.26 bits per heavy atom. The Morgan fingerprint density at radius 1 is 0.947 bits per heavy atom. The Hall–Kier alpha value is -1.44. The summed E-state index contributed by atoms with van der Waals surface area (Å²) < 4.78 is 0. The van der Waals surface area contributed by atoms with Gasteiger partial charge >= 0.3 is 0 Å². The molecule has 3 aliphatic rings. The SMILES string of the molecule is CC.CC1(C)/C=C2/C=CC3(C)C=CC(=NC=N1)C23C. The highest BCUT2D eigenvalue weighted by atomic mass is 14.9. The zero-order valence-corrected chi connectivity index (χ0v) is 12.9. The van der Waals surface area contributed by atoms with Gasteiger partial charge in [0.25, 0.3) is 0 Å². The molecule has 0 bridgehead atoms. The fraction of sp³-hybridized carbons (Fsp3) is 0.529. The first-order valence-corrected chi connectivity index (χ1v) is 7.11. The molecule has 2 nitrogen and oxygen atoms in total. The van der Waals surface area contributed by atoms with Gasteiger partial charge in [-0.25, -0.2) is 4.99 Å². The van der Waals surface area contributed by atoms with Crippen LogP contribution in [0.1, 0.15) is 41.5 Å². The maximum atomic E-state index is 4.56. The lowest BCUT2D eigenvalue weighted by atomic mass is 9.66. The number of aliphatic imine (C=N–C) groups is 2. The van der Waals surface area contributed by atoms with Gasteiger partial charge in [0.05, 0.1) is 11.3 Å². The topological polar surface area (TPSA) is 24.7 Å². The minimum Gasteiger partial charge on any atom is -0.263 e. The van der Waals surface area contributed by atoms with Gasteiger partial charge < -0.3 is 0 Å². The van der Waals surface area contributed by atoms with E-state index in [4.69, 9.17) is 0 Å². The zero-order chi connectivity index (χ0) is 14.3. The Labute approximate surface area is 116 Å². The van der Waals surface area contributed by atoms with E-state index in [-0.39, 0.29) is 16.4 Å². The number of hydrogen-bond donors (Lipinski definition) is 0. The summed E-state index contributed by atoms with van der Waals surface area (Å²) >= 11 is 0. The van der Waals surface area contributed by atoms with Crippen LogP contribution in [0.3, 0.4) is 0 Å². The van der Waals surface area contributed by atoms with Crippen LogP contribution in [0.4, 0.5) is 0 Å². The van der Waals surface area contributed by atoms with Crippen LogP contribution in [0.25, 0.3) is 0 Å². The van der Waals surface area contributed by atoms with Gasteiger partial charge in [0.2, 0.25) is 0 Å². The van der Waals surface area contributed by atoms with Gasteiger partial charge in [0.1, 0.15) is 6.34 Å². The van der Waals surface area contributed by atoms with Crippen LogP contribution in [0.5, 0.6) is 0 Å². The monoisotopic (exact) mass is 256 g/mol. The van der Waals surface area contributed by atoms with Gasteiger partial charge in [-0.15, -0.1) is 0 Å². The van der Waals surface area contributed by atoms with E-state index in [0.29, 0.717) is 0 Å². The quantitative estimate of drug-likeness (QED) is 0.615. The molecule has 3 rings (SSSR count). The van der Waals surface area contributed by atoms with E-state index < -0.39 is 0 Å². The second-order valence-corrected chi connectivity index (χ2v) is 6.09. The summed E-state index contributed by atoms with van der Waals surface area (Å²) in [6.07, 6.45) is 12.9. The average molecular weight is 256 g/mol. The summed E-state index contributed by atoms with van der Waals surface area (Å²) in [5, 5.41) is 0. The minimum absolute atomic E-state index is 0.0172. The third-order valence-corrected chi connectivity index (χ3v) is 4.46. The van der Waals surface area contributed by atoms with Crippen molar-refractivity contribution in [3.63, 3.8) is 0 Å². The number of hydrogen-bond acceptors (Lipinski definition) is 2. The number of rotatable bonds is 0. The van der Waals surface area contributed by atoms with Crippen LogP contribution >= 0.6 is 0 Å². The van der Waals surface area contributed by atoms with Crippen molar-refractivity contribution in [2.24, 2.45) is 20.8 Å². The van der Waals surface area contributed by atoms with Gasteiger partial charge in [-0.3, -0.25) is 4.99 Å². The van der Waals surface area contributed by atoms with E-state index in [0.717, 1.165) is 5.71 Å². The van der Waals surface area contributed by atoms with Crippen molar-refractivity contribution in [3.05, 3.63) is 36.0 Å². The van der Waals surface area contributed by atoms with Crippen molar-refractivity contribution >= 4 is 12.1 Å². The fourth-order valence-electron chi connectivity index (χ4n) is 2.99. The van der Waals surface area contributed by atoms with E-state index in [1.165, 1.54) is 5.57 Å². The summed E-state index contributed by atoms with van der Waals surface area (Å²) in [6.45, 7) is 12.8. The Balaban J connectivity index is 0.000000637. The molecular weight excluding hydrogens is 232 g/mol. The number of nitrogens with zero attached hydrogens (tertiary/aromatic N) is 2. The Kier molecular flexibility index (Phi) is 3.16. The third-order valence-electron chi connectivity index (χ3n) is 4.46. The van der Waals surface area contributed by atoms with Crippen molar-refractivity contribution in [1.29, 1.82) is 0 Å². The van der Waals surface area contributed by atoms with Crippen LogP contribution in [-0.2, 0) is 0 Å². The molecule has 0 amide bonds. The second-order valence-electron chi connectivity index (χ2n) is 6.09. The first-order chi connectivity index (χ1) is 8.87. The van der Waals surface area contributed by atoms with Crippen LogP contribution in [0, 0.1) is 10.8 Å². The smallest absolute Gasteiger partial charge is 0.111 e. The van der Waals surface area contributed by atoms with Crippen molar-refractivity contribution in [3.8, 4) is 0 Å². The van der Waals surface area contributed by atoms with Crippen LogP contribution < -0.4 is 0 Å². The van der Waals surface area contributed by atoms with Crippen LogP contribution in [0.2, 0.25) is 0 Å². The van der Waals surface area contributed by atoms with Crippen molar-refractivity contribution in [2.75, 3.05) is 0 Å².